The molecule has 0 aromatic heterocycles. The van der Waals surface area contributed by atoms with E-state index >= 15 is 0 Å². The fraction of sp³-hybridized carbons (Fsp3) is 0.900. The molecule has 0 bridgehead atoms. The van der Waals surface area contributed by atoms with Crippen LogP contribution in [0.4, 0.5) is 0 Å². The van der Waals surface area contributed by atoms with Crippen molar-refractivity contribution in [2.45, 2.75) is 82.7 Å². The number of carbonyl (C=O) groups excluding carboxylic acids is 2. The molecule has 0 aromatic carbocycles. The van der Waals surface area contributed by atoms with Gasteiger partial charge in [0.2, 0.25) is 11.8 Å². The van der Waals surface area contributed by atoms with Crippen molar-refractivity contribution in [1.29, 1.82) is 0 Å². The predicted molar refractivity (Wildman–Crippen MR) is 99.1 cm³/mol. The molecule has 2 saturated carbocycles. The van der Waals surface area contributed by atoms with Crippen LogP contribution in [0.2, 0.25) is 0 Å². The highest BCUT2D eigenvalue weighted by atomic mass is 16.2. The molecule has 2 amide bonds. The molecule has 1 heterocycles. The van der Waals surface area contributed by atoms with Gasteiger partial charge in [0, 0.05) is 31.5 Å². The van der Waals surface area contributed by atoms with E-state index in [1.54, 1.807) is 0 Å². The maximum atomic E-state index is 12.8. The van der Waals surface area contributed by atoms with Crippen molar-refractivity contribution in [2.75, 3.05) is 20.1 Å². The summed E-state index contributed by atoms with van der Waals surface area (Å²) in [6.45, 7) is 2.03. The van der Waals surface area contributed by atoms with Gasteiger partial charge in [-0.05, 0) is 70.4 Å². The molecule has 2 aliphatic carbocycles. The van der Waals surface area contributed by atoms with Crippen molar-refractivity contribution >= 4 is 11.8 Å². The second kappa shape index (κ2) is 9.02. The first kappa shape index (κ1) is 18.7. The molecule has 25 heavy (non-hydrogen) atoms. The summed E-state index contributed by atoms with van der Waals surface area (Å²) in [6, 6.07) is 0.680. The topological polar surface area (TPSA) is 61.4 Å². The van der Waals surface area contributed by atoms with Crippen LogP contribution in [0.1, 0.15) is 70.6 Å². The Balaban J connectivity index is 1.38. The predicted octanol–water partition coefficient (Wildman–Crippen LogP) is 2.45. The summed E-state index contributed by atoms with van der Waals surface area (Å²) in [6.07, 6.45) is 11.6. The van der Waals surface area contributed by atoms with E-state index in [-0.39, 0.29) is 17.9 Å². The quantitative estimate of drug-likeness (QED) is 0.801. The van der Waals surface area contributed by atoms with E-state index in [9.17, 15) is 9.59 Å². The van der Waals surface area contributed by atoms with Gasteiger partial charge in [0.1, 0.15) is 0 Å². The molecular weight excluding hydrogens is 314 g/mol. The van der Waals surface area contributed by atoms with Crippen LogP contribution in [0.25, 0.3) is 0 Å². The van der Waals surface area contributed by atoms with Gasteiger partial charge < -0.3 is 15.5 Å². The summed E-state index contributed by atoms with van der Waals surface area (Å²) < 4.78 is 0. The Morgan fingerprint density at radius 1 is 0.960 bits per heavy atom. The van der Waals surface area contributed by atoms with Crippen molar-refractivity contribution in [1.82, 2.24) is 15.5 Å². The third-order valence-corrected chi connectivity index (χ3v) is 6.59. The monoisotopic (exact) mass is 349 g/mol. The number of hydrogen-bond acceptors (Lipinski definition) is 3. The molecule has 0 spiro atoms. The van der Waals surface area contributed by atoms with E-state index in [2.05, 4.69) is 10.6 Å². The van der Waals surface area contributed by atoms with Crippen LogP contribution < -0.4 is 10.6 Å². The van der Waals surface area contributed by atoms with Crippen molar-refractivity contribution < 1.29 is 9.59 Å². The normalized spacial score (nSPS) is 28.7. The summed E-state index contributed by atoms with van der Waals surface area (Å²) in [7, 11) is 1.98. The number of carbonyl (C=O) groups is 2. The number of rotatable bonds is 5. The molecule has 3 aliphatic rings. The molecule has 0 atom stereocenters. The highest BCUT2D eigenvalue weighted by Crippen LogP contribution is 2.29. The summed E-state index contributed by atoms with van der Waals surface area (Å²) in [5.41, 5.74) is 0. The lowest BCUT2D eigenvalue weighted by atomic mass is 9.84. The third kappa shape index (κ3) is 5.19. The lowest BCUT2D eigenvalue weighted by Gasteiger charge is -2.36. The second-order valence-electron chi connectivity index (χ2n) is 8.40. The van der Waals surface area contributed by atoms with E-state index in [1.807, 2.05) is 11.9 Å². The van der Waals surface area contributed by atoms with Crippen LogP contribution in [0, 0.1) is 11.8 Å². The molecule has 1 saturated heterocycles. The summed E-state index contributed by atoms with van der Waals surface area (Å²) in [5, 5.41) is 6.59. The summed E-state index contributed by atoms with van der Waals surface area (Å²) in [4.78, 5) is 27.0. The Morgan fingerprint density at radius 3 is 2.24 bits per heavy atom. The highest BCUT2D eigenvalue weighted by molar-refractivity contribution is 5.79. The minimum atomic E-state index is 0.155. The number of hydrogen-bond donors (Lipinski definition) is 2. The summed E-state index contributed by atoms with van der Waals surface area (Å²) in [5.74, 6) is 1.32. The van der Waals surface area contributed by atoms with Gasteiger partial charge in [0.05, 0.1) is 0 Å². The number of nitrogens with one attached hydrogen (secondary N) is 2. The van der Waals surface area contributed by atoms with Crippen LogP contribution >= 0.6 is 0 Å². The molecule has 142 valence electrons. The minimum Gasteiger partial charge on any atom is -0.353 e. The van der Waals surface area contributed by atoms with E-state index in [4.69, 9.17) is 0 Å². The molecule has 3 fully saturated rings. The van der Waals surface area contributed by atoms with E-state index < -0.39 is 0 Å². The van der Waals surface area contributed by atoms with Crippen LogP contribution in [0.15, 0.2) is 0 Å². The van der Waals surface area contributed by atoms with Gasteiger partial charge in [0.15, 0.2) is 0 Å². The molecule has 5 nitrogen and oxygen atoms in total. The van der Waals surface area contributed by atoms with E-state index in [0.717, 1.165) is 51.6 Å². The van der Waals surface area contributed by atoms with Gasteiger partial charge in [-0.25, -0.2) is 0 Å². The van der Waals surface area contributed by atoms with Gasteiger partial charge in [-0.3, -0.25) is 9.59 Å². The standard InChI is InChI=1S/C20H35N3O2/c1-23(18-10-12-21-13-11-18)20(25)16-6-8-17(9-7-16)22-19(24)14-15-4-2-3-5-15/h15-18,21H,2-14H2,1H3,(H,22,24). The van der Waals surface area contributed by atoms with Gasteiger partial charge in [-0.2, -0.15) is 0 Å². The first-order chi connectivity index (χ1) is 12.1. The highest BCUT2D eigenvalue weighted by Gasteiger charge is 2.32. The Bertz CT molecular complexity index is 448. The van der Waals surface area contributed by atoms with Crippen LogP contribution in [-0.4, -0.2) is 48.9 Å². The van der Waals surface area contributed by atoms with Crippen LogP contribution in [-0.2, 0) is 9.59 Å². The SMILES string of the molecule is CN(C(=O)C1CCC(NC(=O)CC2CCCC2)CC1)C1CCNCC1. The Kier molecular flexibility index (Phi) is 6.74. The molecule has 2 N–H and O–H groups in total. The molecule has 5 heteroatoms. The average Bonchev–Trinajstić information content (AvgIpc) is 3.14. The summed E-state index contributed by atoms with van der Waals surface area (Å²) >= 11 is 0. The minimum absolute atomic E-state index is 0.155. The van der Waals surface area contributed by atoms with E-state index in [0.29, 0.717) is 24.3 Å². The van der Waals surface area contributed by atoms with Crippen molar-refractivity contribution in [3.63, 3.8) is 0 Å². The molecule has 1 aliphatic heterocycles. The zero-order chi connectivity index (χ0) is 17.6. The smallest absolute Gasteiger partial charge is 0.225 e. The van der Waals surface area contributed by atoms with Crippen molar-refractivity contribution in [3.8, 4) is 0 Å². The average molecular weight is 350 g/mol. The van der Waals surface area contributed by atoms with Crippen LogP contribution in [0.5, 0.6) is 0 Å². The lowest BCUT2D eigenvalue weighted by Crippen LogP contribution is -2.47. The Hall–Kier alpha value is -1.10. The number of piperidine rings is 1. The maximum Gasteiger partial charge on any atom is 0.225 e. The van der Waals surface area contributed by atoms with Crippen molar-refractivity contribution in [2.24, 2.45) is 11.8 Å². The largest absolute Gasteiger partial charge is 0.353 e. The van der Waals surface area contributed by atoms with Gasteiger partial charge in [0.25, 0.3) is 0 Å². The maximum absolute atomic E-state index is 12.8. The molecule has 0 radical (unpaired) electrons. The zero-order valence-electron chi connectivity index (χ0n) is 15.8. The number of amides is 2. The Morgan fingerprint density at radius 2 is 1.60 bits per heavy atom. The molecule has 0 aromatic rings. The van der Waals surface area contributed by atoms with Gasteiger partial charge >= 0.3 is 0 Å². The molecule has 0 unspecified atom stereocenters. The molecule has 3 rings (SSSR count). The van der Waals surface area contributed by atoms with Gasteiger partial charge in [-0.15, -0.1) is 0 Å². The van der Waals surface area contributed by atoms with Crippen molar-refractivity contribution in [3.05, 3.63) is 0 Å². The fourth-order valence-corrected chi connectivity index (χ4v) is 4.91. The third-order valence-electron chi connectivity index (χ3n) is 6.59. The van der Waals surface area contributed by atoms with E-state index in [1.165, 1.54) is 25.7 Å². The number of nitrogens with zero attached hydrogens (tertiary/aromatic N) is 1. The molecular formula is C20H35N3O2. The lowest BCUT2D eigenvalue weighted by molar-refractivity contribution is -0.138. The Labute approximate surface area is 152 Å². The van der Waals surface area contributed by atoms with Crippen LogP contribution in [0.3, 0.4) is 0 Å². The fourth-order valence-electron chi connectivity index (χ4n) is 4.91. The first-order valence-corrected chi connectivity index (χ1v) is 10.4. The zero-order valence-corrected chi connectivity index (χ0v) is 15.8. The van der Waals surface area contributed by atoms with Gasteiger partial charge in [-0.1, -0.05) is 12.8 Å². The second-order valence-corrected chi connectivity index (χ2v) is 8.40. The first-order valence-electron chi connectivity index (χ1n) is 10.4.